The van der Waals surface area contributed by atoms with Gasteiger partial charge in [-0.25, -0.2) is 0 Å². The van der Waals surface area contributed by atoms with Gasteiger partial charge in [0.05, 0.1) is 4.92 Å². The molecule has 0 amide bonds. The predicted octanol–water partition coefficient (Wildman–Crippen LogP) is 1.77. The van der Waals surface area contributed by atoms with E-state index in [4.69, 9.17) is 5.73 Å². The summed E-state index contributed by atoms with van der Waals surface area (Å²) in [5.74, 6) is 0. The van der Waals surface area contributed by atoms with Crippen LogP contribution >= 0.6 is 0 Å². The van der Waals surface area contributed by atoms with E-state index in [9.17, 15) is 10.1 Å². The quantitative estimate of drug-likeness (QED) is 0.640. The summed E-state index contributed by atoms with van der Waals surface area (Å²) in [5, 5.41) is 11.0. The first-order chi connectivity index (χ1) is 8.06. The van der Waals surface area contributed by atoms with Crippen LogP contribution in [0.25, 0.3) is 0 Å². The molecule has 1 aliphatic heterocycles. The minimum absolute atomic E-state index is 0.0731. The van der Waals surface area contributed by atoms with Crippen molar-refractivity contribution in [1.29, 1.82) is 0 Å². The predicted molar refractivity (Wildman–Crippen MR) is 67.1 cm³/mol. The van der Waals surface area contributed by atoms with Gasteiger partial charge < -0.3 is 10.6 Å². The normalized spacial score (nSPS) is 24.0. The summed E-state index contributed by atoms with van der Waals surface area (Å²) in [5.41, 5.74) is 6.70. The van der Waals surface area contributed by atoms with Crippen molar-refractivity contribution in [2.24, 2.45) is 11.1 Å². The lowest BCUT2D eigenvalue weighted by molar-refractivity contribution is -0.384. The Morgan fingerprint density at radius 1 is 1.53 bits per heavy atom. The Hall–Kier alpha value is -1.62. The lowest BCUT2D eigenvalue weighted by Crippen LogP contribution is -2.31. The van der Waals surface area contributed by atoms with Crippen LogP contribution in [0.2, 0.25) is 0 Å². The van der Waals surface area contributed by atoms with Gasteiger partial charge in [0, 0.05) is 19.2 Å². The maximum absolute atomic E-state index is 11.0. The monoisotopic (exact) mass is 235 g/mol. The van der Waals surface area contributed by atoms with Crippen molar-refractivity contribution in [2.75, 3.05) is 24.5 Å². The standard InChI is InChI=1S/C12H17N3O2/c1-12(8-13)6-7-14(9-12)10-4-2-3-5-11(10)15(16)17/h2-5H,6-9,13H2,1H3. The summed E-state index contributed by atoms with van der Waals surface area (Å²) >= 11 is 0. The summed E-state index contributed by atoms with van der Waals surface area (Å²) in [6, 6.07) is 6.88. The molecule has 17 heavy (non-hydrogen) atoms. The highest BCUT2D eigenvalue weighted by Crippen LogP contribution is 2.36. The molecule has 1 aromatic rings. The Bertz CT molecular complexity index is 436. The highest BCUT2D eigenvalue weighted by atomic mass is 16.6. The van der Waals surface area contributed by atoms with E-state index < -0.39 is 0 Å². The van der Waals surface area contributed by atoms with Crippen molar-refractivity contribution < 1.29 is 4.92 Å². The fraction of sp³-hybridized carbons (Fsp3) is 0.500. The number of nitro groups is 1. The largest absolute Gasteiger partial charge is 0.365 e. The molecule has 2 rings (SSSR count). The SMILES string of the molecule is CC1(CN)CCN(c2ccccc2[N+](=O)[O-])C1. The Labute approximate surface area is 100 Å². The van der Waals surface area contributed by atoms with Crippen molar-refractivity contribution in [3.8, 4) is 0 Å². The van der Waals surface area contributed by atoms with E-state index in [1.807, 2.05) is 6.07 Å². The van der Waals surface area contributed by atoms with Crippen molar-refractivity contribution in [2.45, 2.75) is 13.3 Å². The molecule has 5 nitrogen and oxygen atoms in total. The average Bonchev–Trinajstić information content (AvgIpc) is 2.73. The summed E-state index contributed by atoms with van der Waals surface area (Å²) in [6.45, 7) is 4.36. The second-order valence-corrected chi connectivity index (χ2v) is 4.93. The Balaban J connectivity index is 2.27. The maximum atomic E-state index is 11.0. The molecular weight excluding hydrogens is 218 g/mol. The number of rotatable bonds is 3. The van der Waals surface area contributed by atoms with E-state index in [-0.39, 0.29) is 16.0 Å². The van der Waals surface area contributed by atoms with E-state index in [0.717, 1.165) is 19.5 Å². The van der Waals surface area contributed by atoms with Gasteiger partial charge in [-0.2, -0.15) is 0 Å². The zero-order valence-electron chi connectivity index (χ0n) is 9.93. The molecule has 0 aromatic heterocycles. The van der Waals surface area contributed by atoms with E-state index >= 15 is 0 Å². The molecular formula is C12H17N3O2. The van der Waals surface area contributed by atoms with E-state index in [1.54, 1.807) is 18.2 Å². The number of nitro benzene ring substituents is 1. The fourth-order valence-corrected chi connectivity index (χ4v) is 2.28. The minimum atomic E-state index is -0.326. The lowest BCUT2D eigenvalue weighted by Gasteiger charge is -2.23. The van der Waals surface area contributed by atoms with Crippen LogP contribution in [0.3, 0.4) is 0 Å². The van der Waals surface area contributed by atoms with Crippen molar-refractivity contribution in [1.82, 2.24) is 0 Å². The summed E-state index contributed by atoms with van der Waals surface area (Å²) in [7, 11) is 0. The van der Waals surface area contributed by atoms with Crippen molar-refractivity contribution >= 4 is 11.4 Å². The molecule has 1 aliphatic rings. The maximum Gasteiger partial charge on any atom is 0.292 e. The Morgan fingerprint density at radius 2 is 2.24 bits per heavy atom. The van der Waals surface area contributed by atoms with Gasteiger partial charge in [0.15, 0.2) is 0 Å². The second kappa shape index (κ2) is 4.33. The van der Waals surface area contributed by atoms with Crippen LogP contribution in [0.4, 0.5) is 11.4 Å². The summed E-state index contributed by atoms with van der Waals surface area (Å²) in [6.07, 6.45) is 0.982. The van der Waals surface area contributed by atoms with Crippen LogP contribution in [-0.4, -0.2) is 24.6 Å². The van der Waals surface area contributed by atoms with Gasteiger partial charge in [-0.15, -0.1) is 0 Å². The molecule has 1 fully saturated rings. The highest BCUT2D eigenvalue weighted by Gasteiger charge is 2.34. The molecule has 5 heteroatoms. The van der Waals surface area contributed by atoms with Crippen molar-refractivity contribution in [3.05, 3.63) is 34.4 Å². The summed E-state index contributed by atoms with van der Waals surface area (Å²) in [4.78, 5) is 12.7. The van der Waals surface area contributed by atoms with Crippen molar-refractivity contribution in [3.63, 3.8) is 0 Å². The highest BCUT2D eigenvalue weighted by molar-refractivity contribution is 5.63. The number of hydrogen-bond acceptors (Lipinski definition) is 4. The van der Waals surface area contributed by atoms with Gasteiger partial charge in [0.25, 0.3) is 5.69 Å². The number of anilines is 1. The van der Waals surface area contributed by atoms with Crippen LogP contribution < -0.4 is 10.6 Å². The molecule has 0 radical (unpaired) electrons. The molecule has 0 saturated carbocycles. The second-order valence-electron chi connectivity index (χ2n) is 4.93. The third-order valence-corrected chi connectivity index (χ3v) is 3.47. The Kier molecular flexibility index (Phi) is 3.02. The minimum Gasteiger partial charge on any atom is -0.365 e. The van der Waals surface area contributed by atoms with Gasteiger partial charge in [0.2, 0.25) is 0 Å². The van der Waals surface area contributed by atoms with Crippen LogP contribution in [0.1, 0.15) is 13.3 Å². The van der Waals surface area contributed by atoms with Gasteiger partial charge >= 0.3 is 0 Å². The molecule has 0 aliphatic carbocycles. The van der Waals surface area contributed by atoms with E-state index in [0.29, 0.717) is 12.2 Å². The molecule has 1 unspecified atom stereocenters. The van der Waals surface area contributed by atoms with Gasteiger partial charge in [0.1, 0.15) is 5.69 Å². The zero-order chi connectivity index (χ0) is 12.5. The first-order valence-corrected chi connectivity index (χ1v) is 5.74. The van der Waals surface area contributed by atoms with Crippen LogP contribution in [-0.2, 0) is 0 Å². The molecule has 1 saturated heterocycles. The van der Waals surface area contributed by atoms with E-state index in [1.165, 1.54) is 0 Å². The molecule has 1 atom stereocenters. The first-order valence-electron chi connectivity index (χ1n) is 5.74. The number of para-hydroxylation sites is 2. The lowest BCUT2D eigenvalue weighted by atomic mass is 9.90. The zero-order valence-corrected chi connectivity index (χ0v) is 9.93. The molecule has 1 aromatic carbocycles. The molecule has 92 valence electrons. The van der Waals surface area contributed by atoms with E-state index in [2.05, 4.69) is 11.8 Å². The Morgan fingerprint density at radius 3 is 2.82 bits per heavy atom. The van der Waals surface area contributed by atoms with Gasteiger partial charge in [-0.3, -0.25) is 10.1 Å². The van der Waals surface area contributed by atoms with Crippen LogP contribution in [0, 0.1) is 15.5 Å². The fourth-order valence-electron chi connectivity index (χ4n) is 2.28. The van der Waals surface area contributed by atoms with Gasteiger partial charge in [-0.1, -0.05) is 19.1 Å². The number of nitrogens with two attached hydrogens (primary N) is 1. The van der Waals surface area contributed by atoms with Crippen LogP contribution in [0.5, 0.6) is 0 Å². The smallest absolute Gasteiger partial charge is 0.292 e. The number of benzene rings is 1. The number of hydrogen-bond donors (Lipinski definition) is 1. The van der Waals surface area contributed by atoms with Crippen LogP contribution in [0.15, 0.2) is 24.3 Å². The average molecular weight is 235 g/mol. The van der Waals surface area contributed by atoms with Gasteiger partial charge in [-0.05, 0) is 24.4 Å². The topological polar surface area (TPSA) is 72.4 Å². The molecule has 2 N–H and O–H groups in total. The third kappa shape index (κ3) is 2.24. The first kappa shape index (κ1) is 11.9. The molecule has 1 heterocycles. The number of nitrogens with zero attached hydrogens (tertiary/aromatic N) is 2. The molecule has 0 spiro atoms. The molecule has 0 bridgehead atoms. The summed E-state index contributed by atoms with van der Waals surface area (Å²) < 4.78 is 0. The third-order valence-electron chi connectivity index (χ3n) is 3.47.